The highest BCUT2D eigenvalue weighted by Gasteiger charge is 2.64. The molecule has 0 radical (unpaired) electrons. The summed E-state index contributed by atoms with van der Waals surface area (Å²) in [5.74, 6) is 4.66. The summed E-state index contributed by atoms with van der Waals surface area (Å²) in [7, 11) is 0. The van der Waals surface area contributed by atoms with Gasteiger partial charge >= 0.3 is 0 Å². The van der Waals surface area contributed by atoms with Crippen molar-refractivity contribution in [2.45, 2.75) is 84.0 Å². The Morgan fingerprint density at radius 1 is 1.06 bits per heavy atom. The number of hydrogen-bond acceptors (Lipinski definition) is 3. The number of hydrogen-bond donors (Lipinski definition) is 0. The van der Waals surface area contributed by atoms with Gasteiger partial charge < -0.3 is 4.90 Å². The standard InChI is InChI=1S/C33H39NO2/c1-4-33(22(2)35)17-16-30-28-14-10-24-20-26(36)13-15-27(24)31(28)29(21-32(30,33)3)23-8-11-25(12-9-23)34-18-6-5-7-19-34/h1,8-9,11-12,20,28-30H,5-7,10,13-19,21H2,2-3H3/t28-,29+,30-,32-,33+/m0/s1. The van der Waals surface area contributed by atoms with Crippen molar-refractivity contribution in [1.82, 2.24) is 0 Å². The molecule has 1 heterocycles. The topological polar surface area (TPSA) is 37.4 Å². The van der Waals surface area contributed by atoms with Crippen molar-refractivity contribution in [2.24, 2.45) is 22.7 Å². The van der Waals surface area contributed by atoms with Crippen LogP contribution in [0.5, 0.6) is 0 Å². The first-order valence-electron chi connectivity index (χ1n) is 14.2. The molecule has 0 N–H and O–H groups in total. The second-order valence-corrected chi connectivity index (χ2v) is 12.3. The van der Waals surface area contributed by atoms with E-state index in [0.717, 1.165) is 51.6 Å². The number of Topliss-reactive ketones (excluding diaryl/α,β-unsaturated/α-hetero) is 1. The van der Waals surface area contributed by atoms with Gasteiger partial charge in [-0.2, -0.15) is 0 Å². The summed E-state index contributed by atoms with van der Waals surface area (Å²) in [6, 6.07) is 9.31. The van der Waals surface area contributed by atoms with Crippen molar-refractivity contribution in [1.29, 1.82) is 0 Å². The quantitative estimate of drug-likeness (QED) is 0.446. The lowest BCUT2D eigenvalue weighted by atomic mass is 9.48. The Bertz CT molecular complexity index is 1190. The lowest BCUT2D eigenvalue weighted by Gasteiger charge is -2.54. The van der Waals surface area contributed by atoms with Crippen molar-refractivity contribution in [2.75, 3.05) is 18.0 Å². The molecule has 0 aromatic heterocycles. The normalized spacial score (nSPS) is 35.9. The van der Waals surface area contributed by atoms with Gasteiger partial charge in [0.1, 0.15) is 5.78 Å². The predicted molar refractivity (Wildman–Crippen MR) is 145 cm³/mol. The molecule has 3 nitrogen and oxygen atoms in total. The van der Waals surface area contributed by atoms with Crippen molar-refractivity contribution >= 4 is 17.3 Å². The zero-order valence-corrected chi connectivity index (χ0v) is 21.9. The molecular weight excluding hydrogens is 442 g/mol. The first-order valence-corrected chi connectivity index (χ1v) is 14.2. The fraction of sp³-hybridized carbons (Fsp3) is 0.576. The van der Waals surface area contributed by atoms with Gasteiger partial charge in [-0.3, -0.25) is 9.59 Å². The monoisotopic (exact) mass is 481 g/mol. The van der Waals surface area contributed by atoms with Crippen LogP contribution in [0.4, 0.5) is 5.69 Å². The van der Waals surface area contributed by atoms with Crippen LogP contribution in [0, 0.1) is 35.0 Å². The molecule has 3 heteroatoms. The lowest BCUT2D eigenvalue weighted by Crippen LogP contribution is -2.50. The molecule has 1 aliphatic heterocycles. The number of carbonyl (C=O) groups excluding carboxylic acids is 2. The number of nitrogens with zero attached hydrogens (tertiary/aromatic N) is 1. The second kappa shape index (κ2) is 8.76. The SMILES string of the molecule is C#C[C@]1(C(C)=O)CC[C@H]2[C@@H]3CCC4=CC(=O)CCC4=C3[C@@H](c3ccc(N4CCCCC4)cc3)C[C@@]21C. The fourth-order valence-electron chi connectivity index (χ4n) is 8.97. The van der Waals surface area contributed by atoms with Gasteiger partial charge in [-0.25, -0.2) is 0 Å². The van der Waals surface area contributed by atoms with Crippen LogP contribution >= 0.6 is 0 Å². The Morgan fingerprint density at radius 3 is 2.50 bits per heavy atom. The molecule has 5 aliphatic rings. The van der Waals surface area contributed by atoms with E-state index in [9.17, 15) is 9.59 Å². The lowest BCUT2D eigenvalue weighted by molar-refractivity contribution is -0.130. The number of anilines is 1. The van der Waals surface area contributed by atoms with Crippen molar-refractivity contribution in [3.05, 3.63) is 52.6 Å². The summed E-state index contributed by atoms with van der Waals surface area (Å²) >= 11 is 0. The minimum Gasteiger partial charge on any atom is -0.372 e. The fourth-order valence-corrected chi connectivity index (χ4v) is 8.97. The summed E-state index contributed by atoms with van der Waals surface area (Å²) in [5.41, 5.74) is 6.11. The Morgan fingerprint density at radius 2 is 1.81 bits per heavy atom. The van der Waals surface area contributed by atoms with Crippen LogP contribution in [-0.4, -0.2) is 24.7 Å². The average molecular weight is 482 g/mol. The number of fused-ring (bicyclic) bond motifs is 4. The van der Waals surface area contributed by atoms with E-state index in [4.69, 9.17) is 6.42 Å². The van der Waals surface area contributed by atoms with Crippen LogP contribution in [0.15, 0.2) is 47.1 Å². The minimum absolute atomic E-state index is 0.171. The van der Waals surface area contributed by atoms with Gasteiger partial charge in [0.25, 0.3) is 0 Å². The molecule has 0 unspecified atom stereocenters. The number of piperidine rings is 1. The molecule has 0 amide bonds. The highest BCUT2D eigenvalue weighted by molar-refractivity contribution is 5.93. The van der Waals surface area contributed by atoms with E-state index in [1.165, 1.54) is 41.7 Å². The Labute approximate surface area is 216 Å². The van der Waals surface area contributed by atoms with Crippen LogP contribution in [0.25, 0.3) is 0 Å². The van der Waals surface area contributed by atoms with E-state index in [0.29, 0.717) is 18.3 Å². The number of terminal acetylenes is 1. The van der Waals surface area contributed by atoms with Gasteiger partial charge in [-0.05, 0) is 117 Å². The molecule has 4 aliphatic carbocycles. The average Bonchev–Trinajstić information content (AvgIpc) is 3.21. The third kappa shape index (κ3) is 3.40. The maximum atomic E-state index is 13.1. The van der Waals surface area contributed by atoms with Crippen molar-refractivity contribution < 1.29 is 9.59 Å². The van der Waals surface area contributed by atoms with Crippen LogP contribution in [0.2, 0.25) is 0 Å². The summed E-state index contributed by atoms with van der Waals surface area (Å²) in [6.45, 7) is 6.34. The summed E-state index contributed by atoms with van der Waals surface area (Å²) < 4.78 is 0. The molecule has 0 spiro atoms. The molecule has 36 heavy (non-hydrogen) atoms. The van der Waals surface area contributed by atoms with Gasteiger partial charge in [0, 0.05) is 31.1 Å². The van der Waals surface area contributed by atoms with E-state index in [1.54, 1.807) is 12.5 Å². The molecule has 1 aromatic carbocycles. The third-order valence-electron chi connectivity index (χ3n) is 10.8. The van der Waals surface area contributed by atoms with Crippen LogP contribution in [0.1, 0.15) is 89.5 Å². The molecule has 1 saturated heterocycles. The van der Waals surface area contributed by atoms with Crippen molar-refractivity contribution in [3.8, 4) is 12.3 Å². The predicted octanol–water partition coefficient (Wildman–Crippen LogP) is 6.79. The molecule has 2 saturated carbocycles. The zero-order chi connectivity index (χ0) is 25.1. The summed E-state index contributed by atoms with van der Waals surface area (Å²) in [5, 5.41) is 0. The molecular formula is C33H39NO2. The van der Waals surface area contributed by atoms with E-state index < -0.39 is 5.41 Å². The molecule has 0 bridgehead atoms. The Hall–Kier alpha value is -2.60. The summed E-state index contributed by atoms with van der Waals surface area (Å²) in [6.07, 6.45) is 18.3. The van der Waals surface area contributed by atoms with Crippen LogP contribution < -0.4 is 4.90 Å². The Kier molecular flexibility index (Phi) is 5.78. The number of carbonyl (C=O) groups is 2. The maximum absolute atomic E-state index is 13.1. The van der Waals surface area contributed by atoms with Gasteiger partial charge in [0.2, 0.25) is 0 Å². The smallest absolute Gasteiger partial charge is 0.156 e. The summed E-state index contributed by atoms with van der Waals surface area (Å²) in [4.78, 5) is 27.9. The van der Waals surface area contributed by atoms with Gasteiger partial charge in [-0.1, -0.05) is 30.6 Å². The van der Waals surface area contributed by atoms with E-state index in [2.05, 4.69) is 42.0 Å². The number of ketones is 2. The molecule has 3 fully saturated rings. The number of benzene rings is 1. The maximum Gasteiger partial charge on any atom is 0.156 e. The van der Waals surface area contributed by atoms with E-state index in [1.807, 2.05) is 6.08 Å². The molecule has 6 rings (SSSR count). The van der Waals surface area contributed by atoms with Crippen LogP contribution in [0.3, 0.4) is 0 Å². The molecule has 1 aromatic rings. The van der Waals surface area contributed by atoms with Gasteiger partial charge in [0.15, 0.2) is 5.78 Å². The third-order valence-corrected chi connectivity index (χ3v) is 10.8. The zero-order valence-electron chi connectivity index (χ0n) is 21.9. The van der Waals surface area contributed by atoms with Crippen LogP contribution in [-0.2, 0) is 9.59 Å². The van der Waals surface area contributed by atoms with Gasteiger partial charge in [-0.15, -0.1) is 6.42 Å². The molecule has 5 atom stereocenters. The van der Waals surface area contributed by atoms with E-state index >= 15 is 0 Å². The number of allylic oxidation sites excluding steroid dienone is 4. The molecule has 188 valence electrons. The highest BCUT2D eigenvalue weighted by Crippen LogP contribution is 2.69. The first-order chi connectivity index (χ1) is 17.4. The number of rotatable bonds is 3. The largest absolute Gasteiger partial charge is 0.372 e. The Balaban J connectivity index is 1.46. The minimum atomic E-state index is -0.668. The first kappa shape index (κ1) is 23.8. The second-order valence-electron chi connectivity index (χ2n) is 12.3. The van der Waals surface area contributed by atoms with E-state index in [-0.39, 0.29) is 22.9 Å². The van der Waals surface area contributed by atoms with Gasteiger partial charge in [0.05, 0.1) is 5.41 Å². The van der Waals surface area contributed by atoms with Crippen molar-refractivity contribution in [3.63, 3.8) is 0 Å². The highest BCUT2D eigenvalue weighted by atomic mass is 16.1.